The zero-order valence-electron chi connectivity index (χ0n) is 5.51. The lowest BCUT2D eigenvalue weighted by molar-refractivity contribution is -0.0965. The van der Waals surface area contributed by atoms with E-state index in [4.69, 9.17) is 10.8 Å². The van der Waals surface area contributed by atoms with E-state index in [0.717, 1.165) is 12.8 Å². The van der Waals surface area contributed by atoms with Gasteiger partial charge in [-0.2, -0.15) is 0 Å². The fourth-order valence-electron chi connectivity index (χ4n) is 2.10. The summed E-state index contributed by atoms with van der Waals surface area (Å²) in [4.78, 5) is 0. The maximum absolute atomic E-state index is 9.01. The van der Waals surface area contributed by atoms with Crippen LogP contribution in [0.25, 0.3) is 0 Å². The summed E-state index contributed by atoms with van der Waals surface area (Å²) in [6, 6.07) is 0.404. The molecule has 2 rings (SSSR count). The van der Waals surface area contributed by atoms with E-state index in [0.29, 0.717) is 11.5 Å². The van der Waals surface area contributed by atoms with Crippen molar-refractivity contribution in [3.05, 3.63) is 0 Å². The Labute approximate surface area is 55.1 Å². The maximum Gasteiger partial charge on any atom is 0.0552 e. The van der Waals surface area contributed by atoms with Gasteiger partial charge in [0.1, 0.15) is 0 Å². The van der Waals surface area contributed by atoms with Crippen molar-refractivity contribution in [2.75, 3.05) is 0 Å². The minimum atomic E-state index is -0.0312. The lowest BCUT2D eigenvalue weighted by Gasteiger charge is -2.56. The Bertz CT molecular complexity index is 129. The molecule has 0 amide bonds. The summed E-state index contributed by atoms with van der Waals surface area (Å²) >= 11 is 0. The smallest absolute Gasteiger partial charge is 0.0552 e. The molecule has 9 heavy (non-hydrogen) atoms. The first-order valence-electron chi connectivity index (χ1n) is 3.67. The molecule has 0 saturated heterocycles. The molecule has 0 heterocycles. The highest BCUT2D eigenvalue weighted by molar-refractivity contribution is 5.07. The molecule has 0 radical (unpaired) electrons. The minimum absolute atomic E-state index is 0.0312. The van der Waals surface area contributed by atoms with Crippen molar-refractivity contribution in [2.24, 2.45) is 11.1 Å². The molecule has 52 valence electrons. The largest absolute Gasteiger partial charge is 0.393 e. The van der Waals surface area contributed by atoms with Gasteiger partial charge in [-0.3, -0.25) is 0 Å². The highest BCUT2D eigenvalue weighted by Gasteiger charge is 2.53. The van der Waals surface area contributed by atoms with Gasteiger partial charge < -0.3 is 10.8 Å². The lowest BCUT2D eigenvalue weighted by atomic mass is 9.52. The first kappa shape index (κ1) is 5.69. The molecule has 2 aliphatic rings. The summed E-state index contributed by atoms with van der Waals surface area (Å²) in [7, 11) is 0. The van der Waals surface area contributed by atoms with Crippen molar-refractivity contribution in [1.82, 2.24) is 0 Å². The number of nitrogens with two attached hydrogens (primary N) is 1. The molecule has 2 aliphatic carbocycles. The monoisotopic (exact) mass is 127 g/mol. The van der Waals surface area contributed by atoms with Gasteiger partial charge in [-0.25, -0.2) is 0 Å². The van der Waals surface area contributed by atoms with Crippen LogP contribution in [0.4, 0.5) is 0 Å². The molecular weight excluding hydrogens is 114 g/mol. The van der Waals surface area contributed by atoms with E-state index < -0.39 is 0 Å². The molecule has 2 saturated carbocycles. The van der Waals surface area contributed by atoms with Crippen LogP contribution in [0.15, 0.2) is 0 Å². The van der Waals surface area contributed by atoms with Gasteiger partial charge >= 0.3 is 0 Å². The summed E-state index contributed by atoms with van der Waals surface area (Å²) in [6.07, 6.45) is 4.33. The zero-order chi connectivity index (χ0) is 6.48. The van der Waals surface area contributed by atoms with Gasteiger partial charge in [0.15, 0.2) is 0 Å². The second kappa shape index (κ2) is 1.50. The van der Waals surface area contributed by atoms with Gasteiger partial charge in [0.25, 0.3) is 0 Å². The Hall–Kier alpha value is -0.0800. The fraction of sp³-hybridized carbons (Fsp3) is 1.00. The fourth-order valence-corrected chi connectivity index (χ4v) is 2.10. The van der Waals surface area contributed by atoms with Gasteiger partial charge in [-0.1, -0.05) is 0 Å². The third-order valence-electron chi connectivity index (χ3n) is 3.02. The van der Waals surface area contributed by atoms with Gasteiger partial charge in [0.05, 0.1) is 6.10 Å². The van der Waals surface area contributed by atoms with Crippen LogP contribution in [-0.2, 0) is 0 Å². The van der Waals surface area contributed by atoms with Crippen molar-refractivity contribution in [3.8, 4) is 0 Å². The summed E-state index contributed by atoms with van der Waals surface area (Å²) in [6.45, 7) is 0. The van der Waals surface area contributed by atoms with Crippen LogP contribution in [0.5, 0.6) is 0 Å². The molecule has 0 aromatic heterocycles. The SMILES string of the molecule is NC1CCC12CC(O)C2. The second-order valence-electron chi connectivity index (χ2n) is 3.57. The van der Waals surface area contributed by atoms with Crippen molar-refractivity contribution in [1.29, 1.82) is 0 Å². The van der Waals surface area contributed by atoms with Gasteiger partial charge in [-0.05, 0) is 31.1 Å². The molecule has 2 nitrogen and oxygen atoms in total. The Balaban J connectivity index is 1.97. The van der Waals surface area contributed by atoms with Gasteiger partial charge in [0, 0.05) is 6.04 Å². The summed E-state index contributed by atoms with van der Waals surface area (Å²) in [5.74, 6) is 0. The first-order valence-corrected chi connectivity index (χ1v) is 3.67. The average molecular weight is 127 g/mol. The van der Waals surface area contributed by atoms with Crippen molar-refractivity contribution >= 4 is 0 Å². The van der Waals surface area contributed by atoms with Crippen LogP contribution in [0, 0.1) is 5.41 Å². The van der Waals surface area contributed by atoms with E-state index in [9.17, 15) is 0 Å². The zero-order valence-corrected chi connectivity index (χ0v) is 5.51. The van der Waals surface area contributed by atoms with Crippen LogP contribution >= 0.6 is 0 Å². The third-order valence-corrected chi connectivity index (χ3v) is 3.02. The average Bonchev–Trinajstić information content (AvgIpc) is 1.77. The number of hydrogen-bond acceptors (Lipinski definition) is 2. The van der Waals surface area contributed by atoms with Crippen LogP contribution < -0.4 is 5.73 Å². The standard InChI is InChI=1S/C7H13NO/c8-6-1-2-7(6)3-5(9)4-7/h5-6,9H,1-4,8H2. The lowest BCUT2D eigenvalue weighted by Crippen LogP contribution is -2.59. The summed E-state index contributed by atoms with van der Waals surface area (Å²) in [5, 5.41) is 9.01. The topological polar surface area (TPSA) is 46.2 Å². The van der Waals surface area contributed by atoms with Crippen molar-refractivity contribution < 1.29 is 5.11 Å². The Kier molecular flexibility index (Phi) is 0.945. The van der Waals surface area contributed by atoms with E-state index in [-0.39, 0.29) is 6.10 Å². The van der Waals surface area contributed by atoms with Crippen molar-refractivity contribution in [3.63, 3.8) is 0 Å². The molecule has 2 fully saturated rings. The molecule has 1 atom stereocenters. The highest BCUT2D eigenvalue weighted by atomic mass is 16.3. The molecule has 2 heteroatoms. The van der Waals surface area contributed by atoms with E-state index >= 15 is 0 Å². The maximum atomic E-state index is 9.01. The first-order chi connectivity index (χ1) is 4.23. The van der Waals surface area contributed by atoms with Gasteiger partial charge in [-0.15, -0.1) is 0 Å². The van der Waals surface area contributed by atoms with Crippen LogP contribution in [0.3, 0.4) is 0 Å². The Morgan fingerprint density at radius 1 is 1.44 bits per heavy atom. The molecule has 0 aliphatic heterocycles. The number of hydrogen-bond donors (Lipinski definition) is 2. The van der Waals surface area contributed by atoms with E-state index in [2.05, 4.69) is 0 Å². The molecule has 3 N–H and O–H groups in total. The molecule has 0 aromatic carbocycles. The predicted molar refractivity (Wildman–Crippen MR) is 34.9 cm³/mol. The van der Waals surface area contributed by atoms with Crippen molar-refractivity contribution in [2.45, 2.75) is 37.8 Å². The van der Waals surface area contributed by atoms with Crippen LogP contribution in [0.1, 0.15) is 25.7 Å². The molecule has 0 bridgehead atoms. The minimum Gasteiger partial charge on any atom is -0.393 e. The van der Waals surface area contributed by atoms with Gasteiger partial charge in [0.2, 0.25) is 0 Å². The van der Waals surface area contributed by atoms with Crippen LogP contribution in [0.2, 0.25) is 0 Å². The summed E-state index contributed by atoms with van der Waals surface area (Å²) < 4.78 is 0. The molecule has 1 spiro atoms. The Morgan fingerprint density at radius 3 is 2.22 bits per heavy atom. The second-order valence-corrected chi connectivity index (χ2v) is 3.57. The number of aliphatic hydroxyl groups excluding tert-OH is 1. The van der Waals surface area contributed by atoms with E-state index in [1.807, 2.05) is 0 Å². The predicted octanol–water partition coefficient (Wildman–Crippen LogP) is 0.249. The molecule has 0 aromatic rings. The number of aliphatic hydroxyl groups is 1. The summed E-state index contributed by atoms with van der Waals surface area (Å²) in [5.41, 5.74) is 6.17. The molecule has 1 unspecified atom stereocenters. The number of rotatable bonds is 0. The normalized spacial score (nSPS) is 56.7. The highest BCUT2D eigenvalue weighted by Crippen LogP contribution is 2.54. The quantitative estimate of drug-likeness (QED) is 0.490. The Morgan fingerprint density at radius 2 is 2.11 bits per heavy atom. The third kappa shape index (κ3) is 0.578. The molecular formula is C7H13NO. The van der Waals surface area contributed by atoms with E-state index in [1.165, 1.54) is 12.8 Å². The van der Waals surface area contributed by atoms with Crippen LogP contribution in [-0.4, -0.2) is 17.3 Å². The van der Waals surface area contributed by atoms with E-state index in [1.54, 1.807) is 0 Å².